The van der Waals surface area contributed by atoms with Crippen LogP contribution in [0.15, 0.2) is 24.3 Å². The molecular formula is C21H27NO4. The van der Waals surface area contributed by atoms with Gasteiger partial charge in [-0.3, -0.25) is 0 Å². The number of hydrogen-bond donors (Lipinski definition) is 1. The summed E-state index contributed by atoms with van der Waals surface area (Å²) in [4.78, 5) is 0. The van der Waals surface area contributed by atoms with E-state index in [-0.39, 0.29) is 6.04 Å². The van der Waals surface area contributed by atoms with Gasteiger partial charge in [-0.1, -0.05) is 0 Å². The molecule has 1 N–H and O–H groups in total. The Kier molecular flexibility index (Phi) is 5.57. The maximum atomic E-state index is 5.79. The molecule has 2 aromatic rings. The summed E-state index contributed by atoms with van der Waals surface area (Å²) in [5.74, 6) is 3.25. The molecule has 0 saturated carbocycles. The fourth-order valence-electron chi connectivity index (χ4n) is 3.57. The van der Waals surface area contributed by atoms with Crippen LogP contribution >= 0.6 is 0 Å². The molecule has 0 aromatic heterocycles. The molecule has 0 fully saturated rings. The predicted molar refractivity (Wildman–Crippen MR) is 102 cm³/mol. The Bertz CT molecular complexity index is 788. The third-order valence-electron chi connectivity index (χ3n) is 4.84. The molecule has 0 aliphatic carbocycles. The van der Waals surface area contributed by atoms with Crippen molar-refractivity contribution in [3.8, 4) is 23.0 Å². The van der Waals surface area contributed by atoms with Gasteiger partial charge in [0.05, 0.1) is 34.0 Å². The largest absolute Gasteiger partial charge is 0.496 e. The number of rotatable bonds is 6. The van der Waals surface area contributed by atoms with Crippen LogP contribution in [0.3, 0.4) is 0 Å². The van der Waals surface area contributed by atoms with Gasteiger partial charge in [-0.05, 0) is 61.2 Å². The van der Waals surface area contributed by atoms with Gasteiger partial charge in [0.2, 0.25) is 0 Å². The molecule has 3 rings (SSSR count). The molecule has 0 saturated heterocycles. The fraction of sp³-hybridized carbons (Fsp3) is 0.429. The second-order valence-corrected chi connectivity index (χ2v) is 6.34. The molecule has 1 heterocycles. The second kappa shape index (κ2) is 7.87. The van der Waals surface area contributed by atoms with Gasteiger partial charge in [0.1, 0.15) is 11.5 Å². The van der Waals surface area contributed by atoms with Crippen LogP contribution < -0.4 is 24.3 Å². The van der Waals surface area contributed by atoms with Gasteiger partial charge >= 0.3 is 0 Å². The average Bonchev–Trinajstić information content (AvgIpc) is 2.67. The number of aryl methyl sites for hydroxylation is 1. The van der Waals surface area contributed by atoms with Gasteiger partial charge in [-0.2, -0.15) is 0 Å². The maximum absolute atomic E-state index is 5.79. The molecule has 0 spiro atoms. The van der Waals surface area contributed by atoms with E-state index in [1.54, 1.807) is 21.3 Å². The Balaban J connectivity index is 2.14. The van der Waals surface area contributed by atoms with Crippen molar-refractivity contribution in [1.29, 1.82) is 0 Å². The molecule has 0 bridgehead atoms. The van der Waals surface area contributed by atoms with Crippen LogP contribution in [0.5, 0.6) is 23.0 Å². The van der Waals surface area contributed by atoms with Crippen molar-refractivity contribution in [1.82, 2.24) is 5.32 Å². The Morgan fingerprint density at radius 2 is 1.58 bits per heavy atom. The highest BCUT2D eigenvalue weighted by Crippen LogP contribution is 2.41. The molecule has 1 unspecified atom stereocenters. The first-order valence-electron chi connectivity index (χ1n) is 8.92. The van der Waals surface area contributed by atoms with Gasteiger partial charge in [0.15, 0.2) is 11.5 Å². The lowest BCUT2D eigenvalue weighted by Gasteiger charge is -2.30. The van der Waals surface area contributed by atoms with Gasteiger partial charge in [0, 0.05) is 12.1 Å². The van der Waals surface area contributed by atoms with E-state index in [2.05, 4.69) is 23.5 Å². The Hall–Kier alpha value is -2.40. The summed E-state index contributed by atoms with van der Waals surface area (Å²) in [7, 11) is 5.07. The molecule has 2 aromatic carbocycles. The van der Waals surface area contributed by atoms with Gasteiger partial charge in [-0.15, -0.1) is 0 Å². The van der Waals surface area contributed by atoms with Crippen LogP contribution in [0.4, 0.5) is 0 Å². The van der Waals surface area contributed by atoms with E-state index < -0.39 is 0 Å². The van der Waals surface area contributed by atoms with E-state index in [4.69, 9.17) is 18.9 Å². The minimum absolute atomic E-state index is 0.00770. The summed E-state index contributed by atoms with van der Waals surface area (Å²) in [6.07, 6.45) is 0.944. The number of hydrogen-bond acceptors (Lipinski definition) is 5. The Labute approximate surface area is 155 Å². The van der Waals surface area contributed by atoms with Gasteiger partial charge in [-0.25, -0.2) is 0 Å². The minimum atomic E-state index is 0.00770. The highest BCUT2D eigenvalue weighted by atomic mass is 16.5. The third kappa shape index (κ3) is 3.31. The predicted octanol–water partition coefficient (Wildman–Crippen LogP) is 3.65. The van der Waals surface area contributed by atoms with Gasteiger partial charge < -0.3 is 24.3 Å². The van der Waals surface area contributed by atoms with E-state index in [0.29, 0.717) is 6.61 Å². The van der Waals surface area contributed by atoms with Crippen LogP contribution in [0, 0.1) is 6.92 Å². The van der Waals surface area contributed by atoms with Crippen LogP contribution in [0.2, 0.25) is 0 Å². The number of ether oxygens (including phenoxy) is 4. The highest BCUT2D eigenvalue weighted by molar-refractivity contribution is 5.55. The second-order valence-electron chi connectivity index (χ2n) is 6.34. The maximum Gasteiger partial charge on any atom is 0.161 e. The third-order valence-corrected chi connectivity index (χ3v) is 4.84. The van der Waals surface area contributed by atoms with Crippen molar-refractivity contribution >= 4 is 0 Å². The summed E-state index contributed by atoms with van der Waals surface area (Å²) in [5, 5.41) is 3.61. The number of nitrogens with one attached hydrogen (secondary N) is 1. The SMILES string of the molecule is CCOc1cc2c(cc1OC)CCNC2c1cc(OC)c(C)cc1OC. The molecule has 1 atom stereocenters. The summed E-state index contributed by atoms with van der Waals surface area (Å²) < 4.78 is 22.5. The van der Waals surface area contributed by atoms with Crippen LogP contribution in [-0.2, 0) is 6.42 Å². The van der Waals surface area contributed by atoms with Crippen molar-refractivity contribution in [2.45, 2.75) is 26.3 Å². The Morgan fingerprint density at radius 1 is 0.885 bits per heavy atom. The molecule has 26 heavy (non-hydrogen) atoms. The van der Waals surface area contributed by atoms with Crippen molar-refractivity contribution < 1.29 is 18.9 Å². The molecule has 140 valence electrons. The fourth-order valence-corrected chi connectivity index (χ4v) is 3.57. The summed E-state index contributed by atoms with van der Waals surface area (Å²) in [6.45, 7) is 5.47. The lowest BCUT2D eigenvalue weighted by atomic mass is 9.88. The molecule has 0 amide bonds. The normalized spacial score (nSPS) is 16.0. The van der Waals surface area contributed by atoms with Crippen LogP contribution in [0.25, 0.3) is 0 Å². The van der Waals surface area contributed by atoms with Crippen molar-refractivity contribution in [2.24, 2.45) is 0 Å². The van der Waals surface area contributed by atoms with E-state index in [0.717, 1.165) is 47.1 Å². The minimum Gasteiger partial charge on any atom is -0.496 e. The topological polar surface area (TPSA) is 49.0 Å². The summed E-state index contributed by atoms with van der Waals surface area (Å²) in [6, 6.07) is 8.27. The summed E-state index contributed by atoms with van der Waals surface area (Å²) >= 11 is 0. The zero-order valence-corrected chi connectivity index (χ0v) is 16.1. The molecule has 1 aliphatic rings. The smallest absolute Gasteiger partial charge is 0.161 e. The first-order valence-corrected chi connectivity index (χ1v) is 8.92. The van der Waals surface area contributed by atoms with E-state index in [1.165, 1.54) is 11.1 Å². The van der Waals surface area contributed by atoms with E-state index in [9.17, 15) is 0 Å². The number of benzene rings is 2. The lowest BCUT2D eigenvalue weighted by Crippen LogP contribution is -2.31. The lowest BCUT2D eigenvalue weighted by molar-refractivity contribution is 0.309. The average molecular weight is 357 g/mol. The molecule has 5 heteroatoms. The van der Waals surface area contributed by atoms with Crippen LogP contribution in [-0.4, -0.2) is 34.5 Å². The van der Waals surface area contributed by atoms with E-state index in [1.807, 2.05) is 19.9 Å². The number of fused-ring (bicyclic) bond motifs is 1. The quantitative estimate of drug-likeness (QED) is 0.855. The summed E-state index contributed by atoms with van der Waals surface area (Å²) in [5.41, 5.74) is 4.55. The van der Waals surface area contributed by atoms with E-state index >= 15 is 0 Å². The van der Waals surface area contributed by atoms with Crippen molar-refractivity contribution in [2.75, 3.05) is 34.5 Å². The van der Waals surface area contributed by atoms with Gasteiger partial charge in [0.25, 0.3) is 0 Å². The first kappa shape index (κ1) is 18.4. The monoisotopic (exact) mass is 357 g/mol. The van der Waals surface area contributed by atoms with Crippen molar-refractivity contribution in [3.05, 3.63) is 46.5 Å². The Morgan fingerprint density at radius 3 is 2.23 bits per heavy atom. The standard InChI is InChI=1S/C21H27NO4/c1-6-26-20-11-15-14(10-19(20)25-5)7-8-22-21(15)16-12-17(23-3)13(2)9-18(16)24-4/h9-12,21-22H,6-8H2,1-5H3. The zero-order chi connectivity index (χ0) is 18.7. The molecule has 1 aliphatic heterocycles. The van der Waals surface area contributed by atoms with Crippen molar-refractivity contribution in [3.63, 3.8) is 0 Å². The highest BCUT2D eigenvalue weighted by Gasteiger charge is 2.27. The number of methoxy groups -OCH3 is 3. The molecular weight excluding hydrogens is 330 g/mol. The molecule has 0 radical (unpaired) electrons. The van der Waals surface area contributed by atoms with Crippen LogP contribution in [0.1, 0.15) is 35.2 Å². The first-order chi connectivity index (χ1) is 12.6. The zero-order valence-electron chi connectivity index (χ0n) is 16.1. The molecule has 5 nitrogen and oxygen atoms in total.